The minimum atomic E-state index is 1.13. The molecular weight excluding hydrogens is 230 g/mol. The predicted octanol–water partition coefficient (Wildman–Crippen LogP) is 4.45. The largest absolute Gasteiger partial charge is 0.354 e. The quantitative estimate of drug-likeness (QED) is 0.652. The lowest BCUT2D eigenvalue weighted by molar-refractivity contribution is 0.942. The Bertz CT molecular complexity index is 722. The lowest BCUT2D eigenvalue weighted by Gasteiger charge is -2.15. The van der Waals surface area contributed by atoms with Crippen molar-refractivity contribution in [3.63, 3.8) is 0 Å². The molecule has 1 aromatic heterocycles. The van der Waals surface area contributed by atoms with Crippen LogP contribution in [0.4, 0.5) is 0 Å². The Morgan fingerprint density at radius 2 is 1.47 bits per heavy atom. The third-order valence-corrected chi connectivity index (χ3v) is 3.93. The van der Waals surface area contributed by atoms with Crippen LogP contribution in [0.5, 0.6) is 0 Å². The molecule has 1 aliphatic carbocycles. The zero-order valence-electron chi connectivity index (χ0n) is 10.7. The maximum atomic E-state index is 3.61. The molecule has 1 N–H and O–H groups in total. The van der Waals surface area contributed by atoms with Crippen LogP contribution in [0.2, 0.25) is 0 Å². The second-order valence-corrected chi connectivity index (χ2v) is 5.11. The van der Waals surface area contributed by atoms with Gasteiger partial charge >= 0.3 is 0 Å². The van der Waals surface area contributed by atoms with Gasteiger partial charge in [-0.2, -0.15) is 0 Å². The number of rotatable bonds is 1. The van der Waals surface area contributed by atoms with Gasteiger partial charge in [-0.05, 0) is 35.6 Å². The van der Waals surface area contributed by atoms with E-state index in [2.05, 4.69) is 65.6 Å². The lowest BCUT2D eigenvalue weighted by atomic mass is 9.90. The minimum Gasteiger partial charge on any atom is -0.354 e. The van der Waals surface area contributed by atoms with Crippen LogP contribution >= 0.6 is 0 Å². The molecule has 2 aromatic carbocycles. The summed E-state index contributed by atoms with van der Waals surface area (Å²) >= 11 is 0. The molecule has 0 atom stereocenters. The second kappa shape index (κ2) is 4.13. The summed E-state index contributed by atoms with van der Waals surface area (Å²) in [4.78, 5) is 3.61. The van der Waals surface area contributed by atoms with E-state index in [1.54, 1.807) is 0 Å². The first-order chi connectivity index (χ1) is 9.42. The molecule has 0 fully saturated rings. The number of hydrogen-bond donors (Lipinski definition) is 1. The van der Waals surface area contributed by atoms with Crippen LogP contribution in [0.15, 0.2) is 60.7 Å². The molecule has 0 bridgehead atoms. The molecule has 0 spiro atoms. The van der Waals surface area contributed by atoms with Gasteiger partial charge in [-0.15, -0.1) is 0 Å². The number of hydrogen-bond acceptors (Lipinski definition) is 0. The zero-order valence-corrected chi connectivity index (χ0v) is 10.7. The van der Waals surface area contributed by atoms with Crippen molar-refractivity contribution in [2.75, 3.05) is 0 Å². The summed E-state index contributed by atoms with van der Waals surface area (Å²) < 4.78 is 0. The van der Waals surface area contributed by atoms with Crippen LogP contribution < -0.4 is 0 Å². The van der Waals surface area contributed by atoms with Gasteiger partial charge in [0.25, 0.3) is 0 Å². The van der Waals surface area contributed by atoms with Crippen molar-refractivity contribution >= 4 is 0 Å². The van der Waals surface area contributed by atoms with E-state index in [0.29, 0.717) is 0 Å². The van der Waals surface area contributed by atoms with Crippen LogP contribution in [-0.4, -0.2) is 4.98 Å². The van der Waals surface area contributed by atoms with Crippen molar-refractivity contribution in [3.8, 4) is 22.5 Å². The van der Waals surface area contributed by atoms with Crippen molar-refractivity contribution in [1.29, 1.82) is 0 Å². The highest BCUT2D eigenvalue weighted by Gasteiger charge is 2.18. The Balaban J connectivity index is 1.88. The van der Waals surface area contributed by atoms with Crippen molar-refractivity contribution in [3.05, 3.63) is 71.8 Å². The van der Waals surface area contributed by atoms with Gasteiger partial charge in [-0.25, -0.2) is 0 Å². The Morgan fingerprint density at radius 1 is 0.737 bits per heavy atom. The molecule has 3 aromatic rings. The normalized spacial score (nSPS) is 12.8. The molecule has 1 aliphatic rings. The molecule has 0 unspecified atom stereocenters. The van der Waals surface area contributed by atoms with E-state index in [-0.39, 0.29) is 0 Å². The highest BCUT2D eigenvalue weighted by Crippen LogP contribution is 2.35. The lowest BCUT2D eigenvalue weighted by Crippen LogP contribution is -2.01. The van der Waals surface area contributed by atoms with Crippen molar-refractivity contribution in [2.45, 2.75) is 12.8 Å². The monoisotopic (exact) mass is 245 g/mol. The molecule has 0 saturated carbocycles. The van der Waals surface area contributed by atoms with Crippen LogP contribution in [-0.2, 0) is 12.8 Å². The van der Waals surface area contributed by atoms with E-state index < -0.39 is 0 Å². The Hall–Kier alpha value is -2.28. The smallest absolute Gasteiger partial charge is 0.0494 e. The highest BCUT2D eigenvalue weighted by atomic mass is 14.7. The average molecular weight is 245 g/mol. The van der Waals surface area contributed by atoms with Gasteiger partial charge in [0, 0.05) is 17.0 Å². The number of fused-ring (bicyclic) bond motifs is 3. The van der Waals surface area contributed by atoms with Gasteiger partial charge in [-0.1, -0.05) is 54.6 Å². The summed E-state index contributed by atoms with van der Waals surface area (Å²) in [5.41, 5.74) is 8.05. The van der Waals surface area contributed by atoms with Gasteiger partial charge in [0.2, 0.25) is 0 Å². The zero-order chi connectivity index (χ0) is 12.7. The number of benzene rings is 2. The van der Waals surface area contributed by atoms with Crippen molar-refractivity contribution in [2.24, 2.45) is 0 Å². The topological polar surface area (TPSA) is 15.8 Å². The Labute approximate surface area is 112 Å². The molecule has 19 heavy (non-hydrogen) atoms. The van der Waals surface area contributed by atoms with Crippen LogP contribution in [0.25, 0.3) is 22.5 Å². The minimum absolute atomic E-state index is 1.13. The molecule has 0 saturated heterocycles. The molecule has 1 heteroatoms. The fourth-order valence-electron chi connectivity index (χ4n) is 2.96. The first-order valence-corrected chi connectivity index (χ1v) is 6.77. The standard InChI is InChI=1S/C18H15N/c1-2-7-14(8-3-1)17-12-15-11-10-13-6-4-5-9-16(13)18(15)19-17/h1-9,12,19H,10-11H2. The molecule has 4 rings (SSSR count). The van der Waals surface area contributed by atoms with E-state index in [4.69, 9.17) is 0 Å². The molecule has 1 nitrogen and oxygen atoms in total. The fraction of sp³-hybridized carbons (Fsp3) is 0.111. The van der Waals surface area contributed by atoms with E-state index in [0.717, 1.165) is 12.8 Å². The first kappa shape index (κ1) is 10.6. The number of aryl methyl sites for hydroxylation is 2. The number of H-pyrrole nitrogens is 1. The number of aromatic amines is 1. The molecule has 92 valence electrons. The summed E-state index contributed by atoms with van der Waals surface area (Å²) in [6.45, 7) is 0. The van der Waals surface area contributed by atoms with Crippen molar-refractivity contribution in [1.82, 2.24) is 4.98 Å². The molecule has 0 radical (unpaired) electrons. The SMILES string of the molecule is c1ccc(-c2cc3c([nH]2)-c2ccccc2CC3)cc1. The number of aromatic nitrogens is 1. The molecule has 0 amide bonds. The van der Waals surface area contributed by atoms with Crippen LogP contribution in [0, 0.1) is 0 Å². The van der Waals surface area contributed by atoms with E-state index in [1.807, 2.05) is 0 Å². The molecular formula is C18H15N. The van der Waals surface area contributed by atoms with Crippen LogP contribution in [0.1, 0.15) is 11.1 Å². The molecule has 1 heterocycles. The summed E-state index contributed by atoms with van der Waals surface area (Å²) in [7, 11) is 0. The second-order valence-electron chi connectivity index (χ2n) is 5.11. The summed E-state index contributed by atoms with van der Waals surface area (Å²) in [6.07, 6.45) is 2.28. The summed E-state index contributed by atoms with van der Waals surface area (Å²) in [5.74, 6) is 0. The van der Waals surface area contributed by atoms with Gasteiger partial charge in [0.05, 0.1) is 0 Å². The van der Waals surface area contributed by atoms with Crippen LogP contribution in [0.3, 0.4) is 0 Å². The first-order valence-electron chi connectivity index (χ1n) is 6.77. The van der Waals surface area contributed by atoms with E-state index in [1.165, 1.54) is 33.6 Å². The highest BCUT2D eigenvalue weighted by molar-refractivity contribution is 5.75. The van der Waals surface area contributed by atoms with E-state index >= 15 is 0 Å². The predicted molar refractivity (Wildman–Crippen MR) is 79.1 cm³/mol. The van der Waals surface area contributed by atoms with E-state index in [9.17, 15) is 0 Å². The van der Waals surface area contributed by atoms with Gasteiger partial charge in [-0.3, -0.25) is 0 Å². The summed E-state index contributed by atoms with van der Waals surface area (Å²) in [6, 6.07) is 21.6. The average Bonchev–Trinajstić information content (AvgIpc) is 2.93. The van der Waals surface area contributed by atoms with Gasteiger partial charge < -0.3 is 4.98 Å². The summed E-state index contributed by atoms with van der Waals surface area (Å²) in [5, 5.41) is 0. The van der Waals surface area contributed by atoms with Gasteiger partial charge in [0.1, 0.15) is 0 Å². The Kier molecular flexibility index (Phi) is 2.31. The van der Waals surface area contributed by atoms with Crippen molar-refractivity contribution < 1.29 is 0 Å². The third-order valence-electron chi connectivity index (χ3n) is 3.93. The number of nitrogens with one attached hydrogen (secondary N) is 1. The molecule has 0 aliphatic heterocycles. The Morgan fingerprint density at radius 3 is 2.37 bits per heavy atom. The maximum absolute atomic E-state index is 3.61. The maximum Gasteiger partial charge on any atom is 0.0494 e. The fourth-order valence-corrected chi connectivity index (χ4v) is 2.96. The van der Waals surface area contributed by atoms with Gasteiger partial charge in [0.15, 0.2) is 0 Å². The third kappa shape index (κ3) is 1.70.